The lowest BCUT2D eigenvalue weighted by Gasteiger charge is -2.30. The molecule has 1 rings (SSSR count). The molecule has 0 radical (unpaired) electrons. The van der Waals surface area contributed by atoms with Crippen molar-refractivity contribution in [3.8, 4) is 0 Å². The Bertz CT molecular complexity index is 434. The van der Waals surface area contributed by atoms with Crippen molar-refractivity contribution in [1.82, 2.24) is 9.62 Å². The number of sulfonamides is 1. The Labute approximate surface area is 109 Å². The molecule has 0 aromatic heterocycles. The highest BCUT2D eigenvalue weighted by molar-refractivity contribution is 7.93. The molecule has 9 heteroatoms. The summed E-state index contributed by atoms with van der Waals surface area (Å²) in [6.45, 7) is 3.33. The molecule has 17 heavy (non-hydrogen) atoms. The first-order valence-electron chi connectivity index (χ1n) is 5.10. The van der Waals surface area contributed by atoms with E-state index in [1.807, 2.05) is 6.92 Å². The fourth-order valence-corrected chi connectivity index (χ4v) is 4.67. The largest absolute Gasteiger partial charge is 0.312 e. The second-order valence-electron chi connectivity index (χ2n) is 4.16. The third-order valence-electron chi connectivity index (χ3n) is 2.44. The molecule has 0 aliphatic carbocycles. The van der Waals surface area contributed by atoms with Crippen LogP contribution in [0.2, 0.25) is 0 Å². The molecule has 1 heterocycles. The third-order valence-corrected chi connectivity index (χ3v) is 5.48. The summed E-state index contributed by atoms with van der Waals surface area (Å²) in [7, 11) is -6.67. The van der Waals surface area contributed by atoms with E-state index < -0.39 is 19.9 Å². The SMILES string of the molecule is C[C@H]1CN(S(=O)(=O)CCS(C)(=O)=O)CCN1.Cl. The number of nitrogens with one attached hydrogen (secondary N) is 1. The molecule has 1 N–H and O–H groups in total. The molecule has 1 saturated heterocycles. The Morgan fingerprint density at radius 3 is 2.29 bits per heavy atom. The fraction of sp³-hybridized carbons (Fsp3) is 1.00. The van der Waals surface area contributed by atoms with Crippen LogP contribution in [0.5, 0.6) is 0 Å². The maximum absolute atomic E-state index is 11.8. The summed E-state index contributed by atoms with van der Waals surface area (Å²) in [5.74, 6) is -0.633. The van der Waals surface area contributed by atoms with E-state index in [0.29, 0.717) is 19.6 Å². The molecule has 0 amide bonds. The smallest absolute Gasteiger partial charge is 0.215 e. The Morgan fingerprint density at radius 2 is 1.82 bits per heavy atom. The highest BCUT2D eigenvalue weighted by Gasteiger charge is 2.27. The van der Waals surface area contributed by atoms with Crippen LogP contribution in [0.3, 0.4) is 0 Å². The normalized spacial score (nSPS) is 23.1. The zero-order valence-corrected chi connectivity index (χ0v) is 12.4. The standard InChI is InChI=1S/C8H18N2O4S2.ClH/c1-8-7-10(4-3-9-8)16(13,14)6-5-15(2,11)12;/h8-9H,3-7H2,1-2H3;1H/t8-;/m0./s1. The monoisotopic (exact) mass is 306 g/mol. The Hall–Kier alpha value is 0.110. The van der Waals surface area contributed by atoms with E-state index in [-0.39, 0.29) is 30.0 Å². The van der Waals surface area contributed by atoms with Crippen LogP contribution < -0.4 is 5.32 Å². The van der Waals surface area contributed by atoms with Crippen molar-refractivity contribution in [3.63, 3.8) is 0 Å². The second-order valence-corrected chi connectivity index (χ2v) is 8.51. The van der Waals surface area contributed by atoms with Crippen LogP contribution in [0.15, 0.2) is 0 Å². The van der Waals surface area contributed by atoms with E-state index in [2.05, 4.69) is 5.32 Å². The van der Waals surface area contributed by atoms with Crippen molar-refractivity contribution in [2.45, 2.75) is 13.0 Å². The van der Waals surface area contributed by atoms with Gasteiger partial charge in [-0.25, -0.2) is 16.8 Å². The van der Waals surface area contributed by atoms with Crippen molar-refractivity contribution >= 4 is 32.3 Å². The van der Waals surface area contributed by atoms with E-state index in [1.165, 1.54) is 4.31 Å². The van der Waals surface area contributed by atoms with Crippen molar-refractivity contribution in [2.24, 2.45) is 0 Å². The van der Waals surface area contributed by atoms with Gasteiger partial charge in [0.05, 0.1) is 11.5 Å². The number of sulfone groups is 1. The number of hydrogen-bond donors (Lipinski definition) is 1. The van der Waals surface area contributed by atoms with Gasteiger partial charge < -0.3 is 5.32 Å². The predicted molar refractivity (Wildman–Crippen MR) is 69.8 cm³/mol. The molecule has 0 aromatic rings. The van der Waals surface area contributed by atoms with Gasteiger partial charge in [0.15, 0.2) is 0 Å². The van der Waals surface area contributed by atoms with E-state index in [0.717, 1.165) is 6.26 Å². The highest BCUT2D eigenvalue weighted by atomic mass is 35.5. The molecule has 1 aliphatic heterocycles. The molecule has 1 fully saturated rings. The number of halogens is 1. The topological polar surface area (TPSA) is 83.6 Å². The Kier molecular flexibility index (Phi) is 6.37. The average molecular weight is 307 g/mol. The van der Waals surface area contributed by atoms with Crippen LogP contribution in [0, 0.1) is 0 Å². The van der Waals surface area contributed by atoms with Gasteiger partial charge in [-0.05, 0) is 6.92 Å². The molecular formula is C8H19ClN2O4S2. The number of nitrogens with zero attached hydrogens (tertiary/aromatic N) is 1. The van der Waals surface area contributed by atoms with Gasteiger partial charge in [-0.3, -0.25) is 0 Å². The molecule has 0 saturated carbocycles. The summed E-state index contributed by atoms with van der Waals surface area (Å²) in [6.07, 6.45) is 1.04. The summed E-state index contributed by atoms with van der Waals surface area (Å²) in [4.78, 5) is 0. The van der Waals surface area contributed by atoms with Crippen LogP contribution in [0.25, 0.3) is 0 Å². The van der Waals surface area contributed by atoms with Crippen LogP contribution in [-0.2, 0) is 19.9 Å². The van der Waals surface area contributed by atoms with Crippen molar-refractivity contribution in [3.05, 3.63) is 0 Å². The minimum Gasteiger partial charge on any atom is -0.312 e. The molecule has 6 nitrogen and oxygen atoms in total. The minimum absolute atomic E-state index is 0. The molecule has 0 aromatic carbocycles. The minimum atomic E-state index is -3.44. The molecule has 0 bridgehead atoms. The van der Waals surface area contributed by atoms with Crippen LogP contribution in [0.1, 0.15) is 6.92 Å². The predicted octanol–water partition coefficient (Wildman–Crippen LogP) is -0.924. The number of rotatable bonds is 4. The molecule has 0 spiro atoms. The lowest BCUT2D eigenvalue weighted by molar-refractivity contribution is 0.310. The second kappa shape index (κ2) is 6.33. The van der Waals surface area contributed by atoms with Crippen molar-refractivity contribution in [1.29, 1.82) is 0 Å². The summed E-state index contributed by atoms with van der Waals surface area (Å²) < 4.78 is 46.8. The van der Waals surface area contributed by atoms with Gasteiger partial charge in [-0.15, -0.1) is 12.4 Å². The van der Waals surface area contributed by atoms with Gasteiger partial charge in [0.1, 0.15) is 9.84 Å². The van der Waals surface area contributed by atoms with Gasteiger partial charge in [-0.2, -0.15) is 4.31 Å². The lowest BCUT2D eigenvalue weighted by atomic mass is 10.3. The van der Waals surface area contributed by atoms with Crippen molar-refractivity contribution in [2.75, 3.05) is 37.4 Å². The van der Waals surface area contributed by atoms with Gasteiger partial charge in [0.2, 0.25) is 10.0 Å². The average Bonchev–Trinajstić information content (AvgIpc) is 2.14. The number of hydrogen-bond acceptors (Lipinski definition) is 5. The summed E-state index contributed by atoms with van der Waals surface area (Å²) in [6, 6.07) is 0.113. The summed E-state index contributed by atoms with van der Waals surface area (Å²) in [5, 5.41) is 3.13. The fourth-order valence-electron chi connectivity index (χ4n) is 1.54. The van der Waals surface area contributed by atoms with E-state index in [4.69, 9.17) is 0 Å². The van der Waals surface area contributed by atoms with Gasteiger partial charge >= 0.3 is 0 Å². The van der Waals surface area contributed by atoms with Gasteiger partial charge in [0, 0.05) is 31.9 Å². The van der Waals surface area contributed by atoms with Gasteiger partial charge in [-0.1, -0.05) is 0 Å². The molecule has 104 valence electrons. The van der Waals surface area contributed by atoms with Crippen LogP contribution >= 0.6 is 12.4 Å². The maximum Gasteiger partial charge on any atom is 0.215 e. The Balaban J connectivity index is 0.00000256. The summed E-state index contributed by atoms with van der Waals surface area (Å²) in [5.41, 5.74) is 0. The highest BCUT2D eigenvalue weighted by Crippen LogP contribution is 2.07. The quantitative estimate of drug-likeness (QED) is 0.726. The van der Waals surface area contributed by atoms with Gasteiger partial charge in [0.25, 0.3) is 0 Å². The maximum atomic E-state index is 11.8. The first-order valence-corrected chi connectivity index (χ1v) is 8.76. The first-order chi connectivity index (χ1) is 7.21. The molecule has 1 aliphatic rings. The Morgan fingerprint density at radius 1 is 1.24 bits per heavy atom. The van der Waals surface area contributed by atoms with E-state index in [1.54, 1.807) is 0 Å². The first kappa shape index (κ1) is 17.1. The number of piperazine rings is 1. The molecule has 1 atom stereocenters. The van der Waals surface area contributed by atoms with Crippen LogP contribution in [0.4, 0.5) is 0 Å². The van der Waals surface area contributed by atoms with E-state index in [9.17, 15) is 16.8 Å². The van der Waals surface area contributed by atoms with Crippen molar-refractivity contribution < 1.29 is 16.8 Å². The summed E-state index contributed by atoms with van der Waals surface area (Å²) >= 11 is 0. The lowest BCUT2D eigenvalue weighted by Crippen LogP contribution is -2.52. The third kappa shape index (κ3) is 6.01. The van der Waals surface area contributed by atoms with E-state index >= 15 is 0 Å². The van der Waals surface area contributed by atoms with Crippen LogP contribution in [-0.4, -0.2) is 64.6 Å². The zero-order valence-electron chi connectivity index (χ0n) is 9.92. The zero-order chi connectivity index (χ0) is 12.4. The molecule has 0 unspecified atom stereocenters. The molecular weight excluding hydrogens is 288 g/mol.